The van der Waals surface area contributed by atoms with Crippen LogP contribution in [0.15, 0.2) is 77.6 Å². The molecule has 0 saturated heterocycles. The predicted octanol–water partition coefficient (Wildman–Crippen LogP) is 5.44. The summed E-state index contributed by atoms with van der Waals surface area (Å²) in [6, 6.07) is 20.9. The highest BCUT2D eigenvalue weighted by Crippen LogP contribution is 2.32. The fourth-order valence-corrected chi connectivity index (χ4v) is 4.17. The van der Waals surface area contributed by atoms with E-state index in [1.807, 2.05) is 0 Å². The number of carbonyl (C=O) groups is 2. The number of pyridine rings is 1. The van der Waals surface area contributed by atoms with E-state index in [0.29, 0.717) is 38.4 Å². The van der Waals surface area contributed by atoms with Crippen molar-refractivity contribution in [1.29, 1.82) is 0 Å². The smallest absolute Gasteiger partial charge is 0.356 e. The van der Waals surface area contributed by atoms with Crippen molar-refractivity contribution in [3.8, 4) is 16.9 Å². The maximum Gasteiger partial charge on any atom is 0.356 e. The molecule has 0 fully saturated rings. The standard InChI is InChI=1S/C28H25ClN2O5/c1-4-23(26(32)30-19-8-7-9-20(16-19)35-3)36-28(34)25-24(17-12-14-18(29)15-13-17)21-10-5-6-11-22(21)27(33)31(25)2/h5-16,23H,4H2,1-3H3,(H,30,32). The molecule has 1 heterocycles. The van der Waals surface area contributed by atoms with Gasteiger partial charge in [0.1, 0.15) is 11.4 Å². The molecule has 1 aromatic heterocycles. The third-order valence-electron chi connectivity index (χ3n) is 5.88. The third-order valence-corrected chi connectivity index (χ3v) is 6.13. The third kappa shape index (κ3) is 4.97. The molecule has 184 valence electrons. The van der Waals surface area contributed by atoms with Crippen LogP contribution in [0.2, 0.25) is 5.02 Å². The minimum absolute atomic E-state index is 0.0497. The molecule has 3 aromatic carbocycles. The number of benzene rings is 3. The van der Waals surface area contributed by atoms with Crippen molar-refractivity contribution >= 4 is 39.9 Å². The number of methoxy groups -OCH3 is 1. The average Bonchev–Trinajstić information content (AvgIpc) is 2.89. The zero-order valence-corrected chi connectivity index (χ0v) is 20.8. The lowest BCUT2D eigenvalue weighted by atomic mass is 9.96. The van der Waals surface area contributed by atoms with Gasteiger partial charge in [-0.15, -0.1) is 0 Å². The summed E-state index contributed by atoms with van der Waals surface area (Å²) in [5.41, 5.74) is 1.43. The Labute approximate surface area is 213 Å². The fraction of sp³-hybridized carbons (Fsp3) is 0.179. The number of hydrogen-bond acceptors (Lipinski definition) is 5. The van der Waals surface area contributed by atoms with Crippen molar-refractivity contribution in [2.45, 2.75) is 19.4 Å². The monoisotopic (exact) mass is 504 g/mol. The second kappa shape index (κ2) is 10.7. The number of fused-ring (bicyclic) bond motifs is 1. The first-order valence-electron chi connectivity index (χ1n) is 11.4. The van der Waals surface area contributed by atoms with E-state index in [4.69, 9.17) is 21.1 Å². The second-order valence-corrected chi connectivity index (χ2v) is 8.60. The molecule has 36 heavy (non-hydrogen) atoms. The molecule has 8 heteroatoms. The molecule has 1 unspecified atom stereocenters. The van der Waals surface area contributed by atoms with Crippen molar-refractivity contribution in [2.75, 3.05) is 12.4 Å². The Morgan fingerprint density at radius 3 is 2.36 bits per heavy atom. The van der Waals surface area contributed by atoms with Crippen LogP contribution < -0.4 is 15.6 Å². The Bertz CT molecular complexity index is 1490. The maximum atomic E-state index is 13.5. The first kappa shape index (κ1) is 25.0. The van der Waals surface area contributed by atoms with Crippen LogP contribution in [0, 0.1) is 0 Å². The van der Waals surface area contributed by atoms with E-state index in [-0.39, 0.29) is 17.7 Å². The number of anilines is 1. The van der Waals surface area contributed by atoms with E-state index in [1.165, 1.54) is 18.7 Å². The highest BCUT2D eigenvalue weighted by Gasteiger charge is 2.28. The Morgan fingerprint density at radius 2 is 1.69 bits per heavy atom. The molecule has 1 N–H and O–H groups in total. The fourth-order valence-electron chi connectivity index (χ4n) is 4.04. The Balaban J connectivity index is 1.74. The van der Waals surface area contributed by atoms with E-state index in [0.717, 1.165) is 0 Å². The number of carbonyl (C=O) groups excluding carboxylic acids is 2. The number of hydrogen-bond donors (Lipinski definition) is 1. The molecular weight excluding hydrogens is 480 g/mol. The Hall–Kier alpha value is -4.10. The first-order valence-corrected chi connectivity index (χ1v) is 11.8. The van der Waals surface area contributed by atoms with Crippen molar-refractivity contribution < 1.29 is 19.1 Å². The van der Waals surface area contributed by atoms with Gasteiger partial charge in [0.05, 0.1) is 7.11 Å². The number of halogens is 1. The van der Waals surface area contributed by atoms with Gasteiger partial charge in [-0.3, -0.25) is 9.59 Å². The molecule has 0 radical (unpaired) electrons. The predicted molar refractivity (Wildman–Crippen MR) is 141 cm³/mol. The largest absolute Gasteiger partial charge is 0.497 e. The van der Waals surface area contributed by atoms with Crippen LogP contribution in [0.4, 0.5) is 5.69 Å². The molecule has 0 spiro atoms. The number of nitrogens with one attached hydrogen (secondary N) is 1. The quantitative estimate of drug-likeness (QED) is 0.338. The van der Waals surface area contributed by atoms with Gasteiger partial charge < -0.3 is 19.4 Å². The van der Waals surface area contributed by atoms with Gasteiger partial charge in [-0.1, -0.05) is 54.9 Å². The van der Waals surface area contributed by atoms with E-state index in [2.05, 4.69) is 5.32 Å². The molecule has 4 rings (SSSR count). The van der Waals surface area contributed by atoms with Crippen LogP contribution in [0.25, 0.3) is 21.9 Å². The first-order chi connectivity index (χ1) is 17.3. The molecule has 0 bridgehead atoms. The summed E-state index contributed by atoms with van der Waals surface area (Å²) in [5.74, 6) is -0.688. The second-order valence-electron chi connectivity index (χ2n) is 8.16. The number of rotatable bonds is 7. The van der Waals surface area contributed by atoms with Crippen LogP contribution >= 0.6 is 11.6 Å². The van der Waals surface area contributed by atoms with Crippen molar-refractivity contribution in [1.82, 2.24) is 4.57 Å². The topological polar surface area (TPSA) is 86.6 Å². The summed E-state index contributed by atoms with van der Waals surface area (Å²) < 4.78 is 12.1. The van der Waals surface area contributed by atoms with E-state index >= 15 is 0 Å². The normalized spacial score (nSPS) is 11.7. The number of ether oxygens (including phenoxy) is 2. The van der Waals surface area contributed by atoms with E-state index < -0.39 is 18.0 Å². The summed E-state index contributed by atoms with van der Waals surface area (Å²) in [6.45, 7) is 1.74. The van der Waals surface area contributed by atoms with Crippen LogP contribution in [0.3, 0.4) is 0 Å². The minimum Gasteiger partial charge on any atom is -0.497 e. The minimum atomic E-state index is -1.08. The lowest BCUT2D eigenvalue weighted by Crippen LogP contribution is -2.34. The van der Waals surface area contributed by atoms with Gasteiger partial charge in [-0.2, -0.15) is 0 Å². The molecule has 0 aliphatic rings. The number of nitrogens with zero attached hydrogens (tertiary/aromatic N) is 1. The van der Waals surface area contributed by atoms with Gasteiger partial charge >= 0.3 is 5.97 Å². The number of aromatic nitrogens is 1. The van der Waals surface area contributed by atoms with Crippen LogP contribution in [-0.4, -0.2) is 29.7 Å². The van der Waals surface area contributed by atoms with Crippen molar-refractivity contribution in [3.05, 3.63) is 93.9 Å². The lowest BCUT2D eigenvalue weighted by molar-refractivity contribution is -0.124. The van der Waals surface area contributed by atoms with E-state index in [9.17, 15) is 14.4 Å². The summed E-state index contributed by atoms with van der Waals surface area (Å²) in [4.78, 5) is 39.6. The Morgan fingerprint density at radius 1 is 1.00 bits per heavy atom. The molecule has 4 aromatic rings. The van der Waals surface area contributed by atoms with Gasteiger partial charge in [0.15, 0.2) is 6.10 Å². The van der Waals surface area contributed by atoms with E-state index in [1.54, 1.807) is 79.7 Å². The van der Waals surface area contributed by atoms with Gasteiger partial charge in [0.25, 0.3) is 11.5 Å². The molecule has 1 atom stereocenters. The summed E-state index contributed by atoms with van der Waals surface area (Å²) in [7, 11) is 3.05. The zero-order chi connectivity index (χ0) is 25.8. The maximum absolute atomic E-state index is 13.5. The highest BCUT2D eigenvalue weighted by atomic mass is 35.5. The van der Waals surface area contributed by atoms with Crippen LogP contribution in [0.1, 0.15) is 23.8 Å². The van der Waals surface area contributed by atoms with Gasteiger partial charge in [0, 0.05) is 34.8 Å². The van der Waals surface area contributed by atoms with Crippen LogP contribution in [0.5, 0.6) is 5.75 Å². The Kier molecular flexibility index (Phi) is 7.41. The molecule has 0 aliphatic heterocycles. The summed E-state index contributed by atoms with van der Waals surface area (Å²) >= 11 is 6.09. The summed E-state index contributed by atoms with van der Waals surface area (Å²) in [6.07, 6.45) is -0.845. The van der Waals surface area contributed by atoms with Crippen LogP contribution in [-0.2, 0) is 16.6 Å². The SMILES string of the molecule is CCC(OC(=O)c1c(-c2ccc(Cl)cc2)c2ccccc2c(=O)n1C)C(=O)Nc1cccc(OC)c1. The highest BCUT2D eigenvalue weighted by molar-refractivity contribution is 6.30. The number of esters is 1. The lowest BCUT2D eigenvalue weighted by Gasteiger charge is -2.20. The number of amides is 1. The van der Waals surface area contributed by atoms with Crippen molar-refractivity contribution in [2.24, 2.45) is 7.05 Å². The zero-order valence-electron chi connectivity index (χ0n) is 20.1. The average molecular weight is 505 g/mol. The molecule has 1 amide bonds. The van der Waals surface area contributed by atoms with Gasteiger partial charge in [-0.25, -0.2) is 4.79 Å². The molecule has 7 nitrogen and oxygen atoms in total. The van der Waals surface area contributed by atoms with Gasteiger partial charge in [-0.05, 0) is 47.7 Å². The summed E-state index contributed by atoms with van der Waals surface area (Å²) in [5, 5.41) is 4.36. The van der Waals surface area contributed by atoms with Crippen molar-refractivity contribution in [3.63, 3.8) is 0 Å². The van der Waals surface area contributed by atoms with Gasteiger partial charge in [0.2, 0.25) is 0 Å². The molecular formula is C28H25ClN2O5. The molecule has 0 saturated carbocycles. The molecule has 0 aliphatic carbocycles.